The maximum Gasteiger partial charge on any atom is 0.417 e. The lowest BCUT2D eigenvalue weighted by molar-refractivity contribution is -0.134. The maximum atomic E-state index is 13.0. The van der Waals surface area contributed by atoms with E-state index in [4.69, 9.17) is 4.74 Å². The van der Waals surface area contributed by atoms with E-state index in [0.717, 1.165) is 11.1 Å². The summed E-state index contributed by atoms with van der Waals surface area (Å²) in [4.78, 5) is 27.2. The maximum absolute atomic E-state index is 13.0. The van der Waals surface area contributed by atoms with E-state index in [1.807, 2.05) is 74.5 Å². The predicted molar refractivity (Wildman–Crippen MR) is 104 cm³/mol. The predicted octanol–water partition coefficient (Wildman–Crippen LogP) is 4.94. The zero-order valence-electron chi connectivity index (χ0n) is 14.9. The number of amides is 2. The van der Waals surface area contributed by atoms with Crippen LogP contribution >= 0.6 is 15.9 Å². The molecule has 1 saturated heterocycles. The summed E-state index contributed by atoms with van der Waals surface area (Å²) in [5, 5.41) is 0.619. The van der Waals surface area contributed by atoms with Gasteiger partial charge in [0.05, 0.1) is 11.5 Å². The Balaban J connectivity index is 1.89. The van der Waals surface area contributed by atoms with Crippen LogP contribution in [0.25, 0.3) is 0 Å². The summed E-state index contributed by atoms with van der Waals surface area (Å²) < 4.78 is 5.47. The number of carbonyl (C=O) groups excluding carboxylic acids is 2. The van der Waals surface area contributed by atoms with Gasteiger partial charge in [-0.1, -0.05) is 90.4 Å². The molecule has 26 heavy (non-hydrogen) atoms. The van der Waals surface area contributed by atoms with Gasteiger partial charge in [-0.15, -0.1) is 0 Å². The van der Waals surface area contributed by atoms with Crippen LogP contribution < -0.4 is 0 Å². The van der Waals surface area contributed by atoms with Gasteiger partial charge < -0.3 is 4.74 Å². The Morgan fingerprint density at radius 2 is 1.65 bits per heavy atom. The second kappa shape index (κ2) is 7.62. The van der Waals surface area contributed by atoms with Crippen LogP contribution in [0, 0.1) is 11.3 Å². The Morgan fingerprint density at radius 3 is 2.23 bits per heavy atom. The summed E-state index contributed by atoms with van der Waals surface area (Å²) in [6, 6.07) is 18.8. The number of halogens is 1. The van der Waals surface area contributed by atoms with Crippen molar-refractivity contribution < 1.29 is 14.3 Å². The van der Waals surface area contributed by atoms with E-state index in [2.05, 4.69) is 15.9 Å². The molecule has 0 spiro atoms. The molecule has 0 aromatic heterocycles. The molecule has 136 valence electrons. The lowest BCUT2D eigenvalue weighted by atomic mass is 9.78. The van der Waals surface area contributed by atoms with Crippen LogP contribution in [0.5, 0.6) is 0 Å². The van der Waals surface area contributed by atoms with E-state index >= 15 is 0 Å². The van der Waals surface area contributed by atoms with Gasteiger partial charge in [-0.2, -0.15) is 0 Å². The van der Waals surface area contributed by atoms with Crippen LogP contribution in [0.4, 0.5) is 4.79 Å². The number of nitrogens with zero attached hydrogens (tertiary/aromatic N) is 1. The average Bonchev–Trinajstić information content (AvgIpc) is 2.87. The average molecular weight is 416 g/mol. The van der Waals surface area contributed by atoms with Crippen molar-refractivity contribution in [3.63, 3.8) is 0 Å². The van der Waals surface area contributed by atoms with Crippen molar-refractivity contribution in [1.82, 2.24) is 4.90 Å². The SMILES string of the molecule is CC1(C)C(=O)N(C(=O)OCc2ccccc2)[C@@H](c2ccccc2)[C@@H]1CBr. The molecule has 0 aliphatic carbocycles. The monoisotopic (exact) mass is 415 g/mol. The molecule has 0 bridgehead atoms. The first kappa shape index (κ1) is 18.6. The number of benzene rings is 2. The Labute approximate surface area is 162 Å². The first-order chi connectivity index (χ1) is 12.5. The van der Waals surface area contributed by atoms with Crippen molar-refractivity contribution in [2.45, 2.75) is 26.5 Å². The molecule has 0 saturated carbocycles. The third-order valence-electron chi connectivity index (χ3n) is 5.07. The summed E-state index contributed by atoms with van der Waals surface area (Å²) in [6.45, 7) is 3.92. The summed E-state index contributed by atoms with van der Waals surface area (Å²) in [7, 11) is 0. The molecule has 0 N–H and O–H groups in total. The number of hydrogen-bond acceptors (Lipinski definition) is 3. The van der Waals surface area contributed by atoms with E-state index < -0.39 is 11.5 Å². The van der Waals surface area contributed by atoms with Gasteiger partial charge in [-0.3, -0.25) is 4.79 Å². The molecule has 0 radical (unpaired) electrons. The molecule has 1 aliphatic rings. The standard InChI is InChI=1S/C21H22BrNO3/c1-21(2)17(13-22)18(16-11-7-4-8-12-16)23(19(21)24)20(25)26-14-15-9-5-3-6-10-15/h3-12,17-18H,13-14H2,1-2H3/t17-,18-/m0/s1. The zero-order chi connectivity index (χ0) is 18.7. The van der Waals surface area contributed by atoms with Crippen LogP contribution in [0.3, 0.4) is 0 Å². The highest BCUT2D eigenvalue weighted by atomic mass is 79.9. The summed E-state index contributed by atoms with van der Waals surface area (Å²) in [5.74, 6) is -0.240. The van der Waals surface area contributed by atoms with Crippen molar-refractivity contribution >= 4 is 27.9 Å². The normalized spacial score (nSPS) is 21.7. The molecular formula is C21H22BrNO3. The van der Waals surface area contributed by atoms with Gasteiger partial charge in [0.25, 0.3) is 0 Å². The number of likely N-dealkylation sites (tertiary alicyclic amines) is 1. The van der Waals surface area contributed by atoms with Crippen LogP contribution in [0.2, 0.25) is 0 Å². The van der Waals surface area contributed by atoms with E-state index in [1.165, 1.54) is 4.90 Å². The minimum absolute atomic E-state index is 0.0401. The van der Waals surface area contributed by atoms with Crippen molar-refractivity contribution in [1.29, 1.82) is 0 Å². The molecule has 2 aromatic rings. The van der Waals surface area contributed by atoms with E-state index in [-0.39, 0.29) is 24.5 Å². The largest absolute Gasteiger partial charge is 0.444 e. The number of hydrogen-bond donors (Lipinski definition) is 0. The van der Waals surface area contributed by atoms with Gasteiger partial charge in [0.2, 0.25) is 5.91 Å². The highest BCUT2D eigenvalue weighted by molar-refractivity contribution is 9.09. The molecule has 1 fully saturated rings. The molecule has 5 heteroatoms. The Hall–Kier alpha value is -2.14. The number of imide groups is 1. The minimum Gasteiger partial charge on any atom is -0.444 e. The van der Waals surface area contributed by atoms with Crippen LogP contribution in [-0.2, 0) is 16.1 Å². The lowest BCUT2D eigenvalue weighted by Crippen LogP contribution is -2.37. The molecule has 2 amide bonds. The van der Waals surface area contributed by atoms with Crippen LogP contribution in [-0.4, -0.2) is 22.2 Å². The molecule has 2 atom stereocenters. The summed E-state index contributed by atoms with van der Waals surface area (Å²) >= 11 is 3.54. The number of ether oxygens (including phenoxy) is 1. The zero-order valence-corrected chi connectivity index (χ0v) is 16.5. The molecular weight excluding hydrogens is 394 g/mol. The smallest absolute Gasteiger partial charge is 0.417 e. The molecule has 4 nitrogen and oxygen atoms in total. The first-order valence-electron chi connectivity index (χ1n) is 8.62. The quantitative estimate of drug-likeness (QED) is 0.663. The molecule has 0 unspecified atom stereocenters. The second-order valence-corrected chi connectivity index (χ2v) is 7.70. The second-order valence-electron chi connectivity index (χ2n) is 7.05. The van der Waals surface area contributed by atoms with Crippen molar-refractivity contribution in [3.05, 3.63) is 71.8 Å². The van der Waals surface area contributed by atoms with Gasteiger partial charge in [0.1, 0.15) is 6.61 Å². The van der Waals surface area contributed by atoms with Gasteiger partial charge in [0, 0.05) is 11.2 Å². The fourth-order valence-corrected chi connectivity index (χ4v) is 4.63. The molecule has 1 heterocycles. The minimum atomic E-state index is -0.657. The summed E-state index contributed by atoms with van der Waals surface area (Å²) in [6.07, 6.45) is -0.593. The highest BCUT2D eigenvalue weighted by Crippen LogP contribution is 2.49. The lowest BCUT2D eigenvalue weighted by Gasteiger charge is -2.27. The van der Waals surface area contributed by atoms with E-state index in [9.17, 15) is 9.59 Å². The Morgan fingerprint density at radius 1 is 1.08 bits per heavy atom. The third-order valence-corrected chi connectivity index (χ3v) is 5.76. The van der Waals surface area contributed by atoms with Crippen LogP contribution in [0.1, 0.15) is 31.0 Å². The third kappa shape index (κ3) is 3.40. The van der Waals surface area contributed by atoms with Gasteiger partial charge >= 0.3 is 6.09 Å². The number of carbonyl (C=O) groups is 2. The molecule has 1 aliphatic heterocycles. The highest BCUT2D eigenvalue weighted by Gasteiger charge is 2.56. The van der Waals surface area contributed by atoms with E-state index in [1.54, 1.807) is 0 Å². The van der Waals surface area contributed by atoms with Gasteiger partial charge in [0.15, 0.2) is 0 Å². The molecule has 3 rings (SSSR count). The van der Waals surface area contributed by atoms with Crippen molar-refractivity contribution in [3.8, 4) is 0 Å². The fraction of sp³-hybridized carbons (Fsp3) is 0.333. The van der Waals surface area contributed by atoms with Crippen molar-refractivity contribution in [2.75, 3.05) is 5.33 Å². The van der Waals surface area contributed by atoms with Gasteiger partial charge in [-0.05, 0) is 11.1 Å². The van der Waals surface area contributed by atoms with E-state index in [0.29, 0.717) is 5.33 Å². The fourth-order valence-electron chi connectivity index (χ4n) is 3.46. The van der Waals surface area contributed by atoms with Crippen molar-refractivity contribution in [2.24, 2.45) is 11.3 Å². The number of alkyl halides is 1. The molecule has 2 aromatic carbocycles. The Kier molecular flexibility index (Phi) is 5.47. The Bertz CT molecular complexity index is 776. The topological polar surface area (TPSA) is 46.6 Å². The summed E-state index contributed by atoms with van der Waals surface area (Å²) in [5.41, 5.74) is 1.17. The first-order valence-corrected chi connectivity index (χ1v) is 9.74. The number of rotatable bonds is 4. The van der Waals surface area contributed by atoms with Gasteiger partial charge in [-0.25, -0.2) is 9.69 Å². The van der Waals surface area contributed by atoms with Crippen LogP contribution in [0.15, 0.2) is 60.7 Å².